The van der Waals surface area contributed by atoms with Gasteiger partial charge in [0, 0.05) is 6.54 Å². The van der Waals surface area contributed by atoms with Gasteiger partial charge in [0.15, 0.2) is 0 Å². The van der Waals surface area contributed by atoms with E-state index in [1.54, 1.807) is 0 Å². The van der Waals surface area contributed by atoms with E-state index in [0.717, 1.165) is 12.1 Å². The monoisotopic (exact) mass is 368 g/mol. The number of amides is 2. The second kappa shape index (κ2) is 7.60. The predicted octanol–water partition coefficient (Wildman–Crippen LogP) is 3.48. The third-order valence-corrected chi connectivity index (χ3v) is 3.92. The minimum absolute atomic E-state index is 0.164. The fourth-order valence-electron chi connectivity index (χ4n) is 2.53. The Morgan fingerprint density at radius 3 is 2.64 bits per heavy atom. The Labute approximate surface area is 147 Å². The lowest BCUT2D eigenvalue weighted by Gasteiger charge is -2.32. The number of aromatic nitrogens is 2. The topological polar surface area (TPSA) is 67.4 Å². The molecule has 132 valence electrons. The number of ether oxygens (including phenoxy) is 1. The highest BCUT2D eigenvalue weighted by atomic mass is 35.5. The van der Waals surface area contributed by atoms with Gasteiger partial charge in [0.2, 0.25) is 0 Å². The Morgan fingerprint density at radius 2 is 1.96 bits per heavy atom. The third-order valence-electron chi connectivity index (χ3n) is 3.73. The first-order valence-electron chi connectivity index (χ1n) is 7.67. The van der Waals surface area contributed by atoms with Crippen molar-refractivity contribution >= 4 is 23.3 Å². The first kappa shape index (κ1) is 17.3. The minimum Gasteiger partial charge on any atom is -0.458 e. The Kier molecular flexibility index (Phi) is 5.28. The van der Waals surface area contributed by atoms with Crippen LogP contribution in [0, 0.1) is 11.6 Å². The van der Waals surface area contributed by atoms with Crippen LogP contribution in [0.1, 0.15) is 12.8 Å². The molecule has 25 heavy (non-hydrogen) atoms. The lowest BCUT2D eigenvalue weighted by molar-refractivity contribution is 0.0982. The molecule has 2 heterocycles. The normalized spacial score (nSPS) is 17.2. The summed E-state index contributed by atoms with van der Waals surface area (Å²) >= 11 is 5.72. The van der Waals surface area contributed by atoms with Crippen LogP contribution in [0.3, 0.4) is 0 Å². The second-order valence-electron chi connectivity index (χ2n) is 5.54. The highest BCUT2D eigenvalue weighted by Gasteiger charge is 2.26. The second-order valence-corrected chi connectivity index (χ2v) is 5.98. The van der Waals surface area contributed by atoms with Crippen LogP contribution in [0.25, 0.3) is 0 Å². The van der Waals surface area contributed by atoms with Gasteiger partial charge in [0.25, 0.3) is 0 Å². The number of benzene rings is 1. The fraction of sp³-hybridized carbons (Fsp3) is 0.312. The van der Waals surface area contributed by atoms with Crippen LogP contribution >= 0.6 is 11.6 Å². The summed E-state index contributed by atoms with van der Waals surface area (Å²) in [7, 11) is 0. The van der Waals surface area contributed by atoms with Crippen molar-refractivity contribution in [1.82, 2.24) is 14.9 Å². The Morgan fingerprint density at radius 1 is 1.28 bits per heavy atom. The largest absolute Gasteiger partial charge is 0.458 e. The van der Waals surface area contributed by atoms with E-state index < -0.39 is 23.4 Å². The lowest BCUT2D eigenvalue weighted by Crippen LogP contribution is -2.46. The number of urea groups is 1. The Balaban J connectivity index is 1.62. The van der Waals surface area contributed by atoms with Gasteiger partial charge < -0.3 is 15.0 Å². The summed E-state index contributed by atoms with van der Waals surface area (Å²) in [6.45, 7) is 0.719. The van der Waals surface area contributed by atoms with Crippen LogP contribution in [0.15, 0.2) is 30.6 Å². The molecule has 2 aromatic rings. The highest BCUT2D eigenvalue weighted by Crippen LogP contribution is 2.21. The van der Waals surface area contributed by atoms with Crippen LogP contribution in [0.2, 0.25) is 5.02 Å². The van der Waals surface area contributed by atoms with Gasteiger partial charge >= 0.3 is 12.0 Å². The maximum absolute atomic E-state index is 13.6. The molecule has 1 aliphatic heterocycles. The number of rotatable bonds is 3. The number of anilines is 1. The Hall–Kier alpha value is -2.48. The van der Waals surface area contributed by atoms with E-state index in [1.165, 1.54) is 23.4 Å². The van der Waals surface area contributed by atoms with Gasteiger partial charge in [-0.3, -0.25) is 0 Å². The molecule has 0 saturated carbocycles. The maximum atomic E-state index is 13.6. The molecule has 1 saturated heterocycles. The van der Waals surface area contributed by atoms with Crippen LogP contribution in [-0.2, 0) is 0 Å². The van der Waals surface area contributed by atoms with Crippen LogP contribution < -0.4 is 10.1 Å². The number of nitrogens with one attached hydrogen (secondary N) is 1. The van der Waals surface area contributed by atoms with Crippen LogP contribution in [0.5, 0.6) is 6.01 Å². The number of halogens is 3. The summed E-state index contributed by atoms with van der Waals surface area (Å²) in [5, 5.41) is 2.67. The lowest BCUT2D eigenvalue weighted by atomic mass is 10.1. The van der Waals surface area contributed by atoms with E-state index >= 15 is 0 Å². The summed E-state index contributed by atoms with van der Waals surface area (Å²) < 4.78 is 32.9. The van der Waals surface area contributed by atoms with E-state index in [1.807, 2.05) is 0 Å². The average molecular weight is 369 g/mol. The first-order valence-corrected chi connectivity index (χ1v) is 8.05. The molecular formula is C16H15ClF2N4O2. The molecule has 1 N–H and O–H groups in total. The van der Waals surface area contributed by atoms with E-state index in [9.17, 15) is 13.6 Å². The number of carbonyl (C=O) groups is 1. The predicted molar refractivity (Wildman–Crippen MR) is 87.6 cm³/mol. The standard InChI is InChI=1S/C16H15ClF2N4O2/c17-10-7-20-15(21-8-10)25-11-3-2-6-23(9-11)16(24)22-14-12(18)4-1-5-13(14)19/h1,4-5,7-8,11H,2-3,6,9H2,(H,22,24)/t11-/m0/s1. The molecule has 1 atom stereocenters. The molecule has 9 heteroatoms. The zero-order valence-electron chi connectivity index (χ0n) is 13.1. The van der Waals surface area contributed by atoms with Crippen molar-refractivity contribution in [3.8, 4) is 6.01 Å². The maximum Gasteiger partial charge on any atom is 0.322 e. The number of hydrogen-bond donors (Lipinski definition) is 1. The molecule has 0 radical (unpaired) electrons. The van der Waals surface area contributed by atoms with Gasteiger partial charge in [-0.25, -0.2) is 23.5 Å². The molecule has 1 aliphatic rings. The Bertz CT molecular complexity index is 740. The smallest absolute Gasteiger partial charge is 0.322 e. The van der Waals surface area contributed by atoms with Gasteiger partial charge in [-0.2, -0.15) is 0 Å². The highest BCUT2D eigenvalue weighted by molar-refractivity contribution is 6.30. The molecule has 0 bridgehead atoms. The molecule has 6 nitrogen and oxygen atoms in total. The zero-order valence-corrected chi connectivity index (χ0v) is 13.8. The van der Waals surface area contributed by atoms with E-state index in [0.29, 0.717) is 24.4 Å². The van der Waals surface area contributed by atoms with Gasteiger partial charge in [0.05, 0.1) is 24.0 Å². The third kappa shape index (κ3) is 4.33. The van der Waals surface area contributed by atoms with Crippen molar-refractivity contribution in [3.05, 3.63) is 47.2 Å². The number of hydrogen-bond acceptors (Lipinski definition) is 4. The van der Waals surface area contributed by atoms with E-state index in [2.05, 4.69) is 15.3 Å². The fourth-order valence-corrected chi connectivity index (χ4v) is 2.63. The van der Waals surface area contributed by atoms with Crippen LogP contribution in [0.4, 0.5) is 19.3 Å². The number of piperidine rings is 1. The average Bonchev–Trinajstić information content (AvgIpc) is 2.60. The number of para-hydroxylation sites is 1. The van der Waals surface area contributed by atoms with E-state index in [-0.39, 0.29) is 18.7 Å². The van der Waals surface area contributed by atoms with Gasteiger partial charge in [-0.1, -0.05) is 17.7 Å². The van der Waals surface area contributed by atoms with Gasteiger partial charge in [0.1, 0.15) is 23.4 Å². The molecular weight excluding hydrogens is 354 g/mol. The molecule has 1 fully saturated rings. The number of nitrogens with zero attached hydrogens (tertiary/aromatic N) is 3. The van der Waals surface area contributed by atoms with Gasteiger partial charge in [-0.05, 0) is 25.0 Å². The molecule has 0 spiro atoms. The summed E-state index contributed by atoms with van der Waals surface area (Å²) in [5.74, 6) is -1.65. The van der Waals surface area contributed by atoms with E-state index in [4.69, 9.17) is 16.3 Å². The molecule has 1 aromatic heterocycles. The summed E-state index contributed by atoms with van der Waals surface area (Å²) in [6, 6.07) is 2.97. The van der Waals surface area contributed by atoms with Crippen molar-refractivity contribution in [3.63, 3.8) is 0 Å². The van der Waals surface area contributed by atoms with Crippen LogP contribution in [-0.4, -0.2) is 40.1 Å². The van der Waals surface area contributed by atoms with Crippen molar-refractivity contribution in [1.29, 1.82) is 0 Å². The zero-order chi connectivity index (χ0) is 17.8. The minimum atomic E-state index is -0.826. The van der Waals surface area contributed by atoms with Crippen molar-refractivity contribution in [2.45, 2.75) is 18.9 Å². The van der Waals surface area contributed by atoms with Gasteiger partial charge in [-0.15, -0.1) is 0 Å². The van der Waals surface area contributed by atoms with Crippen molar-refractivity contribution < 1.29 is 18.3 Å². The number of likely N-dealkylation sites (tertiary alicyclic amines) is 1. The molecule has 0 aliphatic carbocycles. The molecule has 0 unspecified atom stereocenters. The summed E-state index contributed by atoms with van der Waals surface area (Å²) in [4.78, 5) is 21.6. The molecule has 2 amide bonds. The molecule has 1 aromatic carbocycles. The SMILES string of the molecule is O=C(Nc1c(F)cccc1F)N1CCC[C@H](Oc2ncc(Cl)cn2)C1. The molecule has 3 rings (SSSR count). The number of carbonyl (C=O) groups excluding carboxylic acids is 1. The van der Waals surface area contributed by atoms with Crippen molar-refractivity contribution in [2.24, 2.45) is 0 Å². The summed E-state index contributed by atoms with van der Waals surface area (Å²) in [5.41, 5.74) is -0.462. The van der Waals surface area contributed by atoms with Crippen molar-refractivity contribution in [2.75, 3.05) is 18.4 Å². The summed E-state index contributed by atoms with van der Waals surface area (Å²) in [6.07, 6.45) is 3.91. The first-order chi connectivity index (χ1) is 12.0. The quantitative estimate of drug-likeness (QED) is 0.900.